The Balaban J connectivity index is 2.64. The Morgan fingerprint density at radius 2 is 2.50 bits per heavy atom. The summed E-state index contributed by atoms with van der Waals surface area (Å²) in [5.74, 6) is 0.404. The maximum atomic E-state index is 11.0. The Labute approximate surface area is 70.1 Å². The van der Waals surface area contributed by atoms with Gasteiger partial charge >= 0.3 is 0 Å². The molecule has 0 unspecified atom stereocenters. The van der Waals surface area contributed by atoms with Crippen molar-refractivity contribution >= 4 is 11.7 Å². The largest absolute Gasteiger partial charge is 0.306 e. The van der Waals surface area contributed by atoms with Crippen LogP contribution in [0, 0.1) is 0 Å². The second kappa shape index (κ2) is 3.66. The van der Waals surface area contributed by atoms with Crippen LogP contribution in [0.2, 0.25) is 0 Å². The summed E-state index contributed by atoms with van der Waals surface area (Å²) in [6.45, 7) is 1.78. The van der Waals surface area contributed by atoms with E-state index >= 15 is 0 Å². The minimum atomic E-state index is -0.178. The molecule has 0 atom stereocenters. The molecule has 1 amide bonds. The molecule has 0 spiro atoms. The van der Waals surface area contributed by atoms with Crippen LogP contribution in [0.3, 0.4) is 0 Å². The fourth-order valence-electron chi connectivity index (χ4n) is 0.722. The Morgan fingerprint density at radius 3 is 3.00 bits per heavy atom. The summed E-state index contributed by atoms with van der Waals surface area (Å²) in [6.07, 6.45) is 4.59. The Hall–Kier alpha value is -1.65. The van der Waals surface area contributed by atoms with Gasteiger partial charge in [0.05, 0.1) is 6.20 Å². The minimum Gasteiger partial charge on any atom is -0.306 e. The lowest BCUT2D eigenvalue weighted by Gasteiger charge is -1.98. The highest BCUT2D eigenvalue weighted by molar-refractivity contribution is 5.98. The summed E-state index contributed by atoms with van der Waals surface area (Å²) in [5.41, 5.74) is 0. The summed E-state index contributed by atoms with van der Waals surface area (Å²) in [7, 11) is 1.71. The van der Waals surface area contributed by atoms with Crippen LogP contribution >= 0.6 is 0 Å². The van der Waals surface area contributed by atoms with E-state index in [-0.39, 0.29) is 5.91 Å². The molecule has 0 aliphatic heterocycles. The van der Waals surface area contributed by atoms with E-state index in [1.54, 1.807) is 20.0 Å². The van der Waals surface area contributed by atoms with Gasteiger partial charge in [-0.3, -0.25) is 4.79 Å². The zero-order valence-corrected chi connectivity index (χ0v) is 6.98. The van der Waals surface area contributed by atoms with Crippen LogP contribution in [0.1, 0.15) is 6.92 Å². The number of aromatic nitrogens is 3. The molecule has 5 nitrogen and oxygen atoms in total. The summed E-state index contributed by atoms with van der Waals surface area (Å²) in [5, 5.41) is 9.87. The van der Waals surface area contributed by atoms with E-state index in [1.807, 2.05) is 0 Å². The van der Waals surface area contributed by atoms with Gasteiger partial charge in [0.15, 0.2) is 5.82 Å². The van der Waals surface area contributed by atoms with E-state index in [4.69, 9.17) is 0 Å². The van der Waals surface area contributed by atoms with Crippen molar-refractivity contribution in [1.82, 2.24) is 15.0 Å². The van der Waals surface area contributed by atoms with Crippen molar-refractivity contribution in [3.63, 3.8) is 0 Å². The predicted octanol–water partition coefficient (Wildman–Crippen LogP) is 0.330. The molecule has 0 aliphatic rings. The van der Waals surface area contributed by atoms with Crippen LogP contribution in [-0.4, -0.2) is 20.9 Å². The fraction of sp³-hybridized carbons (Fsp3) is 0.286. The van der Waals surface area contributed by atoms with Crippen LogP contribution in [-0.2, 0) is 11.8 Å². The highest BCUT2D eigenvalue weighted by atomic mass is 16.1. The lowest BCUT2D eigenvalue weighted by Crippen LogP contribution is -2.11. The number of nitrogens with zero attached hydrogens (tertiary/aromatic N) is 3. The van der Waals surface area contributed by atoms with E-state index in [0.717, 1.165) is 0 Å². The number of carbonyl (C=O) groups excluding carboxylic acids is 1. The Bertz CT molecular complexity index is 302. The van der Waals surface area contributed by atoms with Crippen molar-refractivity contribution in [2.75, 3.05) is 5.32 Å². The normalized spacial score (nSPS) is 10.5. The maximum Gasteiger partial charge on any atom is 0.249 e. The molecular weight excluding hydrogens is 156 g/mol. The summed E-state index contributed by atoms with van der Waals surface area (Å²) in [4.78, 5) is 11.0. The Kier molecular flexibility index (Phi) is 2.57. The molecule has 0 aliphatic carbocycles. The molecule has 1 aromatic rings. The number of hydrogen-bond donors (Lipinski definition) is 1. The van der Waals surface area contributed by atoms with E-state index in [9.17, 15) is 4.79 Å². The number of allylic oxidation sites excluding steroid dienone is 1. The van der Waals surface area contributed by atoms with Crippen LogP contribution in [0.15, 0.2) is 18.3 Å². The average molecular weight is 166 g/mol. The van der Waals surface area contributed by atoms with Crippen molar-refractivity contribution in [3.05, 3.63) is 18.3 Å². The molecule has 0 bridgehead atoms. The van der Waals surface area contributed by atoms with Gasteiger partial charge in [-0.1, -0.05) is 11.3 Å². The molecule has 1 aromatic heterocycles. The van der Waals surface area contributed by atoms with Gasteiger partial charge in [0, 0.05) is 7.05 Å². The molecule has 0 saturated carbocycles. The van der Waals surface area contributed by atoms with Gasteiger partial charge in [-0.15, -0.1) is 5.10 Å². The van der Waals surface area contributed by atoms with Crippen molar-refractivity contribution < 1.29 is 4.79 Å². The summed E-state index contributed by atoms with van der Waals surface area (Å²) >= 11 is 0. The van der Waals surface area contributed by atoms with E-state index in [0.29, 0.717) is 5.82 Å². The first-order valence-corrected chi connectivity index (χ1v) is 3.52. The van der Waals surface area contributed by atoms with Gasteiger partial charge in [-0.05, 0) is 13.0 Å². The first-order chi connectivity index (χ1) is 5.74. The quantitative estimate of drug-likeness (QED) is 0.644. The SMILES string of the molecule is C/C=C/C(=O)Nc1cnnn1C. The number of anilines is 1. The lowest BCUT2D eigenvalue weighted by molar-refractivity contribution is -0.111. The number of nitrogens with one attached hydrogen (secondary N) is 1. The van der Waals surface area contributed by atoms with Crippen LogP contribution in [0.4, 0.5) is 5.82 Å². The predicted molar refractivity (Wildman–Crippen MR) is 44.4 cm³/mol. The van der Waals surface area contributed by atoms with Crippen LogP contribution < -0.4 is 5.32 Å². The second-order valence-electron chi connectivity index (χ2n) is 2.23. The standard InChI is InChI=1S/C7H10N4O/c1-3-4-7(12)9-6-5-8-10-11(6)2/h3-5H,1-2H3,(H,9,12)/b4-3+. The topological polar surface area (TPSA) is 59.8 Å². The summed E-state index contributed by atoms with van der Waals surface area (Å²) in [6, 6.07) is 0. The molecule has 12 heavy (non-hydrogen) atoms. The van der Waals surface area contributed by atoms with Crippen LogP contribution in [0.5, 0.6) is 0 Å². The first-order valence-electron chi connectivity index (χ1n) is 3.52. The Morgan fingerprint density at radius 1 is 1.75 bits per heavy atom. The number of rotatable bonds is 2. The van der Waals surface area contributed by atoms with E-state index in [1.165, 1.54) is 17.0 Å². The third-order valence-electron chi connectivity index (χ3n) is 1.28. The average Bonchev–Trinajstić information content (AvgIpc) is 2.37. The van der Waals surface area contributed by atoms with Gasteiger partial charge in [0.2, 0.25) is 5.91 Å². The molecule has 0 fully saturated rings. The zero-order chi connectivity index (χ0) is 8.97. The van der Waals surface area contributed by atoms with Crippen molar-refractivity contribution in [2.45, 2.75) is 6.92 Å². The lowest BCUT2D eigenvalue weighted by atomic mass is 10.5. The van der Waals surface area contributed by atoms with Crippen molar-refractivity contribution in [3.8, 4) is 0 Å². The van der Waals surface area contributed by atoms with Gasteiger partial charge in [0.1, 0.15) is 0 Å². The molecule has 64 valence electrons. The molecule has 0 radical (unpaired) electrons. The third-order valence-corrected chi connectivity index (χ3v) is 1.28. The molecule has 0 aromatic carbocycles. The third kappa shape index (κ3) is 1.91. The molecule has 1 heterocycles. The number of carbonyl (C=O) groups is 1. The van der Waals surface area contributed by atoms with Crippen LogP contribution in [0.25, 0.3) is 0 Å². The van der Waals surface area contributed by atoms with E-state index < -0.39 is 0 Å². The number of amides is 1. The maximum absolute atomic E-state index is 11.0. The number of aryl methyl sites for hydroxylation is 1. The second-order valence-corrected chi connectivity index (χ2v) is 2.23. The molecule has 1 rings (SSSR count). The summed E-state index contributed by atoms with van der Waals surface area (Å²) < 4.78 is 1.49. The minimum absolute atomic E-state index is 0.178. The van der Waals surface area contributed by atoms with Crippen molar-refractivity contribution in [2.24, 2.45) is 7.05 Å². The zero-order valence-electron chi connectivity index (χ0n) is 6.98. The monoisotopic (exact) mass is 166 g/mol. The molecular formula is C7H10N4O. The van der Waals surface area contributed by atoms with Crippen molar-refractivity contribution in [1.29, 1.82) is 0 Å². The smallest absolute Gasteiger partial charge is 0.249 e. The molecule has 0 saturated heterocycles. The van der Waals surface area contributed by atoms with Gasteiger partial charge in [0.25, 0.3) is 0 Å². The van der Waals surface area contributed by atoms with E-state index in [2.05, 4.69) is 15.6 Å². The van der Waals surface area contributed by atoms with Gasteiger partial charge < -0.3 is 5.32 Å². The number of hydrogen-bond acceptors (Lipinski definition) is 3. The molecule has 1 N–H and O–H groups in total. The fourth-order valence-corrected chi connectivity index (χ4v) is 0.722. The van der Waals surface area contributed by atoms with Gasteiger partial charge in [-0.25, -0.2) is 4.68 Å². The highest BCUT2D eigenvalue weighted by Crippen LogP contribution is 1.99. The van der Waals surface area contributed by atoms with Gasteiger partial charge in [-0.2, -0.15) is 0 Å². The molecule has 5 heteroatoms. The highest BCUT2D eigenvalue weighted by Gasteiger charge is 2.00. The first kappa shape index (κ1) is 8.45.